The lowest BCUT2D eigenvalue weighted by Crippen LogP contribution is -2.48. The quantitative estimate of drug-likeness (QED) is 0.629. The van der Waals surface area contributed by atoms with Crippen LogP contribution in [0.2, 0.25) is 10.0 Å². The van der Waals surface area contributed by atoms with E-state index in [1.807, 2.05) is 11.9 Å². The smallest absolute Gasteiger partial charge is 0.282 e. The van der Waals surface area contributed by atoms with Gasteiger partial charge in [-0.25, -0.2) is 9.40 Å². The van der Waals surface area contributed by atoms with Gasteiger partial charge in [-0.05, 0) is 55.2 Å². The minimum Gasteiger partial charge on any atom is -0.284 e. The Labute approximate surface area is 191 Å². The van der Waals surface area contributed by atoms with Gasteiger partial charge in [0.05, 0.1) is 16.8 Å². The Morgan fingerprint density at radius 3 is 2.48 bits per heavy atom. The topological polar surface area (TPSA) is 47.9 Å². The van der Waals surface area contributed by atoms with E-state index in [2.05, 4.69) is 5.43 Å². The molecule has 0 radical (unpaired) electrons. The molecule has 1 amide bonds. The van der Waals surface area contributed by atoms with Crippen LogP contribution in [-0.2, 0) is 4.79 Å². The van der Waals surface area contributed by atoms with Gasteiger partial charge in [0, 0.05) is 24.0 Å². The number of amides is 1. The molecule has 2 heterocycles. The molecule has 1 saturated heterocycles. The van der Waals surface area contributed by atoms with E-state index in [0.29, 0.717) is 27.9 Å². The highest BCUT2D eigenvalue weighted by molar-refractivity contribution is 6.41. The molecule has 0 aliphatic carbocycles. The summed E-state index contributed by atoms with van der Waals surface area (Å²) in [4.78, 5) is 13.2. The largest absolute Gasteiger partial charge is 0.284 e. The predicted molar refractivity (Wildman–Crippen MR) is 123 cm³/mol. The van der Waals surface area contributed by atoms with Crippen molar-refractivity contribution < 1.29 is 9.18 Å². The summed E-state index contributed by atoms with van der Waals surface area (Å²) in [6.07, 6.45) is 4.00. The molecule has 4 rings (SSSR count). The average Bonchev–Trinajstić information content (AvgIpc) is 3.14. The van der Waals surface area contributed by atoms with Gasteiger partial charge < -0.3 is 0 Å². The highest BCUT2D eigenvalue weighted by Gasteiger charge is 2.42. The first-order valence-electron chi connectivity index (χ1n) is 10.6. The lowest BCUT2D eigenvalue weighted by atomic mass is 9.87. The molecule has 0 aromatic heterocycles. The van der Waals surface area contributed by atoms with Crippen LogP contribution in [0.15, 0.2) is 47.6 Å². The highest BCUT2D eigenvalue weighted by atomic mass is 35.5. The molecule has 5 nitrogen and oxygen atoms in total. The third-order valence-corrected chi connectivity index (χ3v) is 6.41. The van der Waals surface area contributed by atoms with E-state index in [1.165, 1.54) is 18.6 Å². The van der Waals surface area contributed by atoms with Gasteiger partial charge in [0.25, 0.3) is 5.91 Å². The minimum absolute atomic E-state index is 0.179. The Bertz CT molecular complexity index is 976. The van der Waals surface area contributed by atoms with Crippen LogP contribution in [0.25, 0.3) is 0 Å². The molecule has 0 spiro atoms. The molecule has 0 saturated carbocycles. The number of benzene rings is 2. The van der Waals surface area contributed by atoms with E-state index in [4.69, 9.17) is 28.3 Å². The number of nitrogens with one attached hydrogen (secondary N) is 1. The van der Waals surface area contributed by atoms with Gasteiger partial charge in [-0.1, -0.05) is 48.7 Å². The zero-order chi connectivity index (χ0) is 22.0. The van der Waals surface area contributed by atoms with Crippen LogP contribution in [0, 0.1) is 11.7 Å². The number of piperidine rings is 1. The van der Waals surface area contributed by atoms with Gasteiger partial charge in [-0.15, -0.1) is 0 Å². The van der Waals surface area contributed by atoms with Crippen molar-refractivity contribution in [1.29, 1.82) is 0 Å². The molecule has 2 aliphatic heterocycles. The van der Waals surface area contributed by atoms with E-state index in [9.17, 15) is 9.18 Å². The van der Waals surface area contributed by atoms with Crippen LogP contribution in [0.5, 0.6) is 0 Å². The summed E-state index contributed by atoms with van der Waals surface area (Å²) in [7, 11) is 0. The first-order valence-corrected chi connectivity index (χ1v) is 11.4. The number of rotatable bonds is 5. The summed E-state index contributed by atoms with van der Waals surface area (Å²) >= 11 is 12.6. The van der Waals surface area contributed by atoms with Crippen molar-refractivity contribution in [2.75, 3.05) is 18.1 Å². The third kappa shape index (κ3) is 4.71. The highest BCUT2D eigenvalue weighted by Crippen LogP contribution is 2.43. The first kappa shape index (κ1) is 22.1. The van der Waals surface area contributed by atoms with Gasteiger partial charge in [0.2, 0.25) is 0 Å². The van der Waals surface area contributed by atoms with Gasteiger partial charge in [-0.3, -0.25) is 15.2 Å². The molecular weight excluding hydrogens is 438 g/mol. The summed E-state index contributed by atoms with van der Waals surface area (Å²) in [6.45, 7) is 3.70. The fraction of sp³-hybridized carbons (Fsp3) is 0.391. The number of hydrogen-bond acceptors (Lipinski definition) is 4. The zero-order valence-corrected chi connectivity index (χ0v) is 18.8. The normalized spacial score (nSPS) is 21.8. The second-order valence-corrected chi connectivity index (χ2v) is 8.77. The van der Waals surface area contributed by atoms with E-state index in [1.54, 1.807) is 35.3 Å². The number of nitrogens with zero attached hydrogens (tertiary/aromatic N) is 3. The molecule has 2 aromatic carbocycles. The SMILES string of the molecule is CCC1C(C(=O)NN2CCCCC2)=NN(c2ccc(Cl)cc2Cl)C1c1ccc(F)cc1. The van der Waals surface area contributed by atoms with Crippen LogP contribution in [0.4, 0.5) is 10.1 Å². The summed E-state index contributed by atoms with van der Waals surface area (Å²) in [5, 5.41) is 9.43. The zero-order valence-electron chi connectivity index (χ0n) is 17.3. The van der Waals surface area contributed by atoms with Crippen LogP contribution in [0.3, 0.4) is 0 Å². The van der Waals surface area contributed by atoms with Crippen molar-refractivity contribution in [3.05, 3.63) is 63.9 Å². The molecule has 2 atom stereocenters. The number of carbonyl (C=O) groups excluding carboxylic acids is 1. The standard InChI is InChI=1S/C23H25Cl2FN4O/c1-2-18-21(23(31)28-29-12-4-3-5-13-29)27-30(20-11-8-16(24)14-19(20)25)22(18)15-6-9-17(26)10-7-15/h6-11,14,18,22H,2-5,12-13H2,1H3,(H,28,31). The number of carbonyl (C=O) groups is 1. The van der Waals surface area contributed by atoms with E-state index in [-0.39, 0.29) is 23.7 Å². The van der Waals surface area contributed by atoms with Crippen molar-refractivity contribution in [2.45, 2.75) is 38.6 Å². The van der Waals surface area contributed by atoms with Crippen molar-refractivity contribution in [2.24, 2.45) is 11.0 Å². The van der Waals surface area contributed by atoms with Gasteiger partial charge >= 0.3 is 0 Å². The van der Waals surface area contributed by atoms with Crippen molar-refractivity contribution >= 4 is 40.5 Å². The molecule has 1 fully saturated rings. The fourth-order valence-electron chi connectivity index (χ4n) is 4.31. The van der Waals surface area contributed by atoms with E-state index >= 15 is 0 Å². The van der Waals surface area contributed by atoms with Crippen LogP contribution >= 0.6 is 23.2 Å². The maximum Gasteiger partial charge on any atom is 0.282 e. The number of hydrazone groups is 1. The third-order valence-electron chi connectivity index (χ3n) is 5.87. The average molecular weight is 463 g/mol. The molecule has 2 unspecified atom stereocenters. The molecular formula is C23H25Cl2FN4O. The van der Waals surface area contributed by atoms with E-state index < -0.39 is 0 Å². The number of halogens is 3. The Balaban J connectivity index is 1.71. The van der Waals surface area contributed by atoms with Crippen LogP contribution in [-0.4, -0.2) is 29.7 Å². The Hall–Kier alpha value is -2.15. The fourth-order valence-corrected chi connectivity index (χ4v) is 4.81. The van der Waals surface area contributed by atoms with Gasteiger partial charge in [0.1, 0.15) is 11.5 Å². The van der Waals surface area contributed by atoms with Crippen LogP contribution < -0.4 is 10.4 Å². The molecule has 2 aliphatic rings. The number of hydrazine groups is 1. The molecule has 1 N–H and O–H groups in total. The van der Waals surface area contributed by atoms with Gasteiger partial charge in [-0.2, -0.15) is 5.10 Å². The Morgan fingerprint density at radius 2 is 1.84 bits per heavy atom. The Morgan fingerprint density at radius 1 is 1.13 bits per heavy atom. The maximum absolute atomic E-state index is 13.6. The minimum atomic E-state index is -0.310. The second-order valence-electron chi connectivity index (χ2n) is 7.93. The van der Waals surface area contributed by atoms with Crippen molar-refractivity contribution in [3.8, 4) is 0 Å². The lowest BCUT2D eigenvalue weighted by Gasteiger charge is -2.29. The molecule has 0 bridgehead atoms. The van der Waals surface area contributed by atoms with Crippen molar-refractivity contribution in [1.82, 2.24) is 10.4 Å². The summed E-state index contributed by atoms with van der Waals surface area (Å²) < 4.78 is 13.6. The number of hydrogen-bond donors (Lipinski definition) is 1. The molecule has 164 valence electrons. The predicted octanol–water partition coefficient (Wildman–Crippen LogP) is 5.59. The monoisotopic (exact) mass is 462 g/mol. The summed E-state index contributed by atoms with van der Waals surface area (Å²) in [5.74, 6) is -0.690. The first-order chi connectivity index (χ1) is 15.0. The molecule has 2 aromatic rings. The molecule has 8 heteroatoms. The van der Waals surface area contributed by atoms with E-state index in [0.717, 1.165) is 31.5 Å². The summed E-state index contributed by atoms with van der Waals surface area (Å²) in [6, 6.07) is 11.2. The number of anilines is 1. The molecule has 31 heavy (non-hydrogen) atoms. The van der Waals surface area contributed by atoms with Crippen LogP contribution in [0.1, 0.15) is 44.2 Å². The maximum atomic E-state index is 13.6. The van der Waals surface area contributed by atoms with Gasteiger partial charge in [0.15, 0.2) is 0 Å². The summed E-state index contributed by atoms with van der Waals surface area (Å²) in [5.41, 5.74) is 4.99. The Kier molecular flexibility index (Phi) is 6.80. The van der Waals surface area contributed by atoms with Crippen molar-refractivity contribution in [3.63, 3.8) is 0 Å². The second kappa shape index (κ2) is 9.55. The lowest BCUT2D eigenvalue weighted by molar-refractivity contribution is -0.120.